The molecule has 1 aromatic rings. The molecule has 0 radical (unpaired) electrons. The molecule has 1 aromatic heterocycles. The summed E-state index contributed by atoms with van der Waals surface area (Å²) in [6.45, 7) is 7.17. The van der Waals surface area contributed by atoms with Gasteiger partial charge in [0.2, 0.25) is 5.91 Å². The first-order chi connectivity index (χ1) is 9.10. The second kappa shape index (κ2) is 6.41. The van der Waals surface area contributed by atoms with Crippen molar-refractivity contribution in [1.29, 1.82) is 0 Å². The molecular weight excluding hydrogens is 301 g/mol. The highest BCUT2D eigenvalue weighted by Gasteiger charge is 2.22. The first kappa shape index (κ1) is 16.7. The van der Waals surface area contributed by atoms with E-state index in [-0.39, 0.29) is 27.2 Å². The van der Waals surface area contributed by atoms with Crippen molar-refractivity contribution in [3.8, 4) is 0 Å². The SMILES string of the molecule is CC(NC(=O)c1cc(Cl)ncc1Cl)C(=O)NC(C)(C)C. The van der Waals surface area contributed by atoms with Gasteiger partial charge in [-0.25, -0.2) is 4.98 Å². The summed E-state index contributed by atoms with van der Waals surface area (Å²) in [5.74, 6) is -0.752. The molecule has 1 unspecified atom stereocenters. The summed E-state index contributed by atoms with van der Waals surface area (Å²) in [7, 11) is 0. The molecule has 1 atom stereocenters. The molecule has 0 fully saturated rings. The van der Waals surface area contributed by atoms with Crippen LogP contribution in [0, 0.1) is 0 Å². The number of hydrogen-bond donors (Lipinski definition) is 2. The van der Waals surface area contributed by atoms with Crippen molar-refractivity contribution in [3.63, 3.8) is 0 Å². The molecule has 2 N–H and O–H groups in total. The van der Waals surface area contributed by atoms with Gasteiger partial charge in [-0.1, -0.05) is 23.2 Å². The minimum Gasteiger partial charge on any atom is -0.350 e. The van der Waals surface area contributed by atoms with Crippen molar-refractivity contribution in [2.45, 2.75) is 39.3 Å². The summed E-state index contributed by atoms with van der Waals surface area (Å²) in [5.41, 5.74) is -0.185. The van der Waals surface area contributed by atoms with Crippen LogP contribution in [0.5, 0.6) is 0 Å². The lowest BCUT2D eigenvalue weighted by molar-refractivity contribution is -0.124. The number of pyridine rings is 1. The predicted octanol–water partition coefficient (Wildman–Crippen LogP) is 2.42. The van der Waals surface area contributed by atoms with Gasteiger partial charge in [0.15, 0.2) is 0 Å². The van der Waals surface area contributed by atoms with Gasteiger partial charge in [0.05, 0.1) is 10.6 Å². The smallest absolute Gasteiger partial charge is 0.253 e. The van der Waals surface area contributed by atoms with Crippen molar-refractivity contribution in [1.82, 2.24) is 15.6 Å². The Bertz CT molecular complexity index is 527. The Morgan fingerprint density at radius 3 is 2.45 bits per heavy atom. The quantitative estimate of drug-likeness (QED) is 0.841. The van der Waals surface area contributed by atoms with Crippen molar-refractivity contribution >= 4 is 35.0 Å². The van der Waals surface area contributed by atoms with E-state index in [1.54, 1.807) is 6.92 Å². The zero-order valence-electron chi connectivity index (χ0n) is 11.8. The fourth-order valence-corrected chi connectivity index (χ4v) is 1.75. The molecule has 5 nitrogen and oxygen atoms in total. The lowest BCUT2D eigenvalue weighted by Gasteiger charge is -2.23. The molecule has 110 valence electrons. The minimum atomic E-state index is -0.690. The van der Waals surface area contributed by atoms with E-state index in [0.717, 1.165) is 0 Å². The van der Waals surface area contributed by atoms with E-state index in [1.807, 2.05) is 20.8 Å². The number of halogens is 2. The number of rotatable bonds is 3. The molecule has 2 amide bonds. The van der Waals surface area contributed by atoms with E-state index in [1.165, 1.54) is 12.3 Å². The predicted molar refractivity (Wildman–Crippen MR) is 79.1 cm³/mol. The van der Waals surface area contributed by atoms with Gasteiger partial charge in [0, 0.05) is 11.7 Å². The Hall–Kier alpha value is -1.33. The van der Waals surface area contributed by atoms with Crippen LogP contribution >= 0.6 is 23.2 Å². The Kier molecular flexibility index (Phi) is 5.36. The molecule has 0 saturated carbocycles. The van der Waals surface area contributed by atoms with Gasteiger partial charge in [-0.05, 0) is 33.8 Å². The number of aromatic nitrogens is 1. The van der Waals surface area contributed by atoms with E-state index < -0.39 is 11.9 Å². The lowest BCUT2D eigenvalue weighted by Crippen LogP contribution is -2.50. The Morgan fingerprint density at radius 1 is 1.30 bits per heavy atom. The van der Waals surface area contributed by atoms with Crippen molar-refractivity contribution < 1.29 is 9.59 Å². The largest absolute Gasteiger partial charge is 0.350 e. The fraction of sp³-hybridized carbons (Fsp3) is 0.462. The van der Waals surface area contributed by atoms with Crippen LogP contribution in [0.15, 0.2) is 12.3 Å². The minimum absolute atomic E-state index is 0.159. The number of nitrogens with zero attached hydrogens (tertiary/aromatic N) is 1. The molecule has 1 rings (SSSR count). The maximum atomic E-state index is 12.0. The molecule has 0 aromatic carbocycles. The highest BCUT2D eigenvalue weighted by molar-refractivity contribution is 6.35. The normalized spacial score (nSPS) is 12.7. The molecule has 20 heavy (non-hydrogen) atoms. The van der Waals surface area contributed by atoms with E-state index in [2.05, 4.69) is 15.6 Å². The van der Waals surface area contributed by atoms with Gasteiger partial charge >= 0.3 is 0 Å². The van der Waals surface area contributed by atoms with E-state index in [9.17, 15) is 9.59 Å². The third-order valence-electron chi connectivity index (χ3n) is 2.31. The average Bonchev–Trinajstić information content (AvgIpc) is 2.29. The number of carbonyl (C=O) groups is 2. The van der Waals surface area contributed by atoms with Crippen LogP contribution in [0.2, 0.25) is 10.2 Å². The number of amides is 2. The van der Waals surface area contributed by atoms with Crippen molar-refractivity contribution in [3.05, 3.63) is 28.0 Å². The second-order valence-electron chi connectivity index (χ2n) is 5.42. The first-order valence-electron chi connectivity index (χ1n) is 6.04. The van der Waals surface area contributed by atoms with Crippen molar-refractivity contribution in [2.24, 2.45) is 0 Å². The zero-order valence-corrected chi connectivity index (χ0v) is 13.3. The summed E-state index contributed by atoms with van der Waals surface area (Å²) < 4.78 is 0. The summed E-state index contributed by atoms with van der Waals surface area (Å²) in [5, 5.41) is 5.68. The summed E-state index contributed by atoms with van der Waals surface area (Å²) >= 11 is 11.6. The monoisotopic (exact) mass is 317 g/mol. The van der Waals surface area contributed by atoms with E-state index >= 15 is 0 Å². The molecule has 0 spiro atoms. The molecule has 0 bridgehead atoms. The summed E-state index contributed by atoms with van der Waals surface area (Å²) in [6, 6.07) is 0.665. The van der Waals surface area contributed by atoms with Crippen LogP contribution in [0.25, 0.3) is 0 Å². The molecule has 1 heterocycles. The number of nitrogens with one attached hydrogen (secondary N) is 2. The van der Waals surface area contributed by atoms with Gasteiger partial charge in [0.1, 0.15) is 11.2 Å². The van der Waals surface area contributed by atoms with Crippen LogP contribution in [0.1, 0.15) is 38.1 Å². The third-order valence-corrected chi connectivity index (χ3v) is 2.81. The zero-order chi connectivity index (χ0) is 15.5. The van der Waals surface area contributed by atoms with E-state index in [0.29, 0.717) is 0 Å². The van der Waals surface area contributed by atoms with Crippen LogP contribution in [0.3, 0.4) is 0 Å². The number of carbonyl (C=O) groups excluding carboxylic acids is 2. The molecule has 7 heteroatoms. The Labute approximate surface area is 128 Å². The average molecular weight is 318 g/mol. The van der Waals surface area contributed by atoms with E-state index in [4.69, 9.17) is 23.2 Å². The lowest BCUT2D eigenvalue weighted by atomic mass is 10.1. The van der Waals surface area contributed by atoms with Crippen LogP contribution in [0.4, 0.5) is 0 Å². The first-order valence-corrected chi connectivity index (χ1v) is 6.79. The highest BCUT2D eigenvalue weighted by atomic mass is 35.5. The molecule has 0 saturated heterocycles. The van der Waals surface area contributed by atoms with Gasteiger partial charge in [-0.3, -0.25) is 9.59 Å². The van der Waals surface area contributed by atoms with Gasteiger partial charge in [0.25, 0.3) is 5.91 Å². The summed E-state index contributed by atoms with van der Waals surface area (Å²) in [4.78, 5) is 27.7. The number of hydrogen-bond acceptors (Lipinski definition) is 3. The van der Waals surface area contributed by atoms with Gasteiger partial charge < -0.3 is 10.6 Å². The maximum Gasteiger partial charge on any atom is 0.253 e. The van der Waals surface area contributed by atoms with Crippen LogP contribution in [-0.2, 0) is 4.79 Å². The highest BCUT2D eigenvalue weighted by Crippen LogP contribution is 2.18. The molecule has 0 aliphatic heterocycles. The summed E-state index contributed by atoms with van der Waals surface area (Å²) in [6.07, 6.45) is 1.29. The van der Waals surface area contributed by atoms with Crippen LogP contribution < -0.4 is 10.6 Å². The Balaban J connectivity index is 2.75. The van der Waals surface area contributed by atoms with Crippen molar-refractivity contribution in [2.75, 3.05) is 0 Å². The standard InChI is InChI=1S/C13H17Cl2N3O2/c1-7(11(19)18-13(2,3)4)17-12(20)8-5-10(15)16-6-9(8)14/h5-7H,1-4H3,(H,17,20)(H,18,19). The molecule has 0 aliphatic carbocycles. The van der Waals surface area contributed by atoms with Gasteiger partial charge in [-0.2, -0.15) is 0 Å². The van der Waals surface area contributed by atoms with Crippen LogP contribution in [-0.4, -0.2) is 28.4 Å². The van der Waals surface area contributed by atoms with Gasteiger partial charge in [-0.15, -0.1) is 0 Å². The second-order valence-corrected chi connectivity index (χ2v) is 6.22. The topological polar surface area (TPSA) is 71.1 Å². The third kappa shape index (κ3) is 4.98. The molecule has 0 aliphatic rings. The maximum absolute atomic E-state index is 12.0. The Morgan fingerprint density at radius 2 is 1.90 bits per heavy atom. The molecular formula is C13H17Cl2N3O2. The fourth-order valence-electron chi connectivity index (χ4n) is 1.40.